The van der Waals surface area contributed by atoms with E-state index in [4.69, 9.17) is 4.74 Å². The average Bonchev–Trinajstić information content (AvgIpc) is 2.82. The topological polar surface area (TPSA) is 54.5 Å². The predicted molar refractivity (Wildman–Crippen MR) is 81.3 cm³/mol. The van der Waals surface area contributed by atoms with Crippen LogP contribution >= 0.6 is 0 Å². The van der Waals surface area contributed by atoms with Crippen LogP contribution in [0, 0.1) is 0 Å². The summed E-state index contributed by atoms with van der Waals surface area (Å²) in [7, 11) is 0. The summed E-state index contributed by atoms with van der Waals surface area (Å²) >= 11 is 0. The standard InChI is InChI=1S/C16H19N3O2/c20-15(19-10-3-7-17-9-11-19)12-21-14-6-1-4-13-5-2-8-18-16(13)14/h1-2,4-6,8,17H,3,7,9-12H2. The summed E-state index contributed by atoms with van der Waals surface area (Å²) in [5.74, 6) is 0.695. The van der Waals surface area contributed by atoms with Crippen molar-refractivity contribution in [2.24, 2.45) is 0 Å². The van der Waals surface area contributed by atoms with Gasteiger partial charge in [0.15, 0.2) is 6.61 Å². The van der Waals surface area contributed by atoms with E-state index in [0.29, 0.717) is 5.75 Å². The Morgan fingerprint density at radius 2 is 2.14 bits per heavy atom. The molecule has 0 spiro atoms. The summed E-state index contributed by atoms with van der Waals surface area (Å²) in [5.41, 5.74) is 0.797. The molecule has 0 saturated carbocycles. The molecule has 1 saturated heterocycles. The Bertz CT molecular complexity index is 616. The zero-order valence-electron chi connectivity index (χ0n) is 11.9. The lowest BCUT2D eigenvalue weighted by Crippen LogP contribution is -2.37. The molecular formula is C16H19N3O2. The van der Waals surface area contributed by atoms with Crippen LogP contribution in [0.5, 0.6) is 5.75 Å². The van der Waals surface area contributed by atoms with Crippen molar-refractivity contribution in [2.45, 2.75) is 6.42 Å². The van der Waals surface area contributed by atoms with Gasteiger partial charge in [-0.1, -0.05) is 18.2 Å². The van der Waals surface area contributed by atoms with E-state index in [1.165, 1.54) is 0 Å². The first kappa shape index (κ1) is 13.8. The van der Waals surface area contributed by atoms with Crippen LogP contribution in [0.25, 0.3) is 10.9 Å². The number of benzene rings is 1. The van der Waals surface area contributed by atoms with Crippen molar-refractivity contribution < 1.29 is 9.53 Å². The summed E-state index contributed by atoms with van der Waals surface area (Å²) in [6.07, 6.45) is 2.72. The highest BCUT2D eigenvalue weighted by atomic mass is 16.5. The minimum atomic E-state index is 0.0339. The summed E-state index contributed by atoms with van der Waals surface area (Å²) < 4.78 is 5.70. The molecule has 0 atom stereocenters. The van der Waals surface area contributed by atoms with Crippen LogP contribution in [0.4, 0.5) is 0 Å². The number of rotatable bonds is 3. The number of aromatic nitrogens is 1. The van der Waals surface area contributed by atoms with Gasteiger partial charge in [-0.3, -0.25) is 9.78 Å². The van der Waals surface area contributed by atoms with E-state index in [-0.39, 0.29) is 12.5 Å². The number of carbonyl (C=O) groups is 1. The number of nitrogens with zero attached hydrogens (tertiary/aromatic N) is 2. The fourth-order valence-electron chi connectivity index (χ4n) is 2.52. The fourth-order valence-corrected chi connectivity index (χ4v) is 2.52. The molecule has 5 nitrogen and oxygen atoms in total. The molecule has 1 fully saturated rings. The maximum Gasteiger partial charge on any atom is 0.260 e. The summed E-state index contributed by atoms with van der Waals surface area (Å²) in [6.45, 7) is 3.42. The van der Waals surface area contributed by atoms with E-state index >= 15 is 0 Å². The third-order valence-corrected chi connectivity index (χ3v) is 3.64. The van der Waals surface area contributed by atoms with Gasteiger partial charge in [-0.25, -0.2) is 0 Å². The Morgan fingerprint density at radius 3 is 3.10 bits per heavy atom. The fraction of sp³-hybridized carbons (Fsp3) is 0.375. The zero-order chi connectivity index (χ0) is 14.5. The van der Waals surface area contributed by atoms with Crippen LogP contribution in [0.1, 0.15) is 6.42 Å². The minimum absolute atomic E-state index is 0.0339. The number of hydrogen-bond acceptors (Lipinski definition) is 4. The molecule has 110 valence electrons. The summed E-state index contributed by atoms with van der Waals surface area (Å²) in [6, 6.07) is 9.63. The maximum absolute atomic E-state index is 12.2. The first-order valence-electron chi connectivity index (χ1n) is 7.29. The van der Waals surface area contributed by atoms with E-state index in [9.17, 15) is 4.79 Å². The molecule has 1 N–H and O–H groups in total. The van der Waals surface area contributed by atoms with Crippen molar-refractivity contribution in [1.29, 1.82) is 0 Å². The number of fused-ring (bicyclic) bond motifs is 1. The lowest BCUT2D eigenvalue weighted by molar-refractivity contribution is -0.133. The van der Waals surface area contributed by atoms with Gasteiger partial charge in [0.1, 0.15) is 11.3 Å². The van der Waals surface area contributed by atoms with Crippen LogP contribution in [-0.4, -0.2) is 48.6 Å². The molecule has 2 aromatic rings. The van der Waals surface area contributed by atoms with Gasteiger partial charge in [0.05, 0.1) is 0 Å². The molecule has 0 unspecified atom stereocenters. The Labute approximate surface area is 123 Å². The Hall–Kier alpha value is -2.14. The lowest BCUT2D eigenvalue weighted by atomic mass is 10.2. The molecule has 1 aliphatic rings. The molecule has 1 aromatic carbocycles. The number of carbonyl (C=O) groups excluding carboxylic acids is 1. The van der Waals surface area contributed by atoms with Crippen LogP contribution in [0.3, 0.4) is 0 Å². The largest absolute Gasteiger partial charge is 0.481 e. The Morgan fingerprint density at radius 1 is 1.24 bits per heavy atom. The molecule has 5 heteroatoms. The molecule has 0 radical (unpaired) electrons. The van der Waals surface area contributed by atoms with Crippen molar-refractivity contribution in [1.82, 2.24) is 15.2 Å². The second-order valence-corrected chi connectivity index (χ2v) is 5.10. The number of nitrogens with one attached hydrogen (secondary N) is 1. The normalized spacial score (nSPS) is 15.7. The van der Waals surface area contributed by atoms with Crippen LogP contribution in [0.2, 0.25) is 0 Å². The van der Waals surface area contributed by atoms with Crippen molar-refractivity contribution in [2.75, 3.05) is 32.8 Å². The van der Waals surface area contributed by atoms with Gasteiger partial charge in [0.2, 0.25) is 0 Å². The number of pyridine rings is 1. The highest BCUT2D eigenvalue weighted by Crippen LogP contribution is 2.22. The van der Waals surface area contributed by atoms with E-state index in [2.05, 4.69) is 10.3 Å². The van der Waals surface area contributed by atoms with E-state index in [0.717, 1.165) is 43.5 Å². The smallest absolute Gasteiger partial charge is 0.260 e. The third-order valence-electron chi connectivity index (χ3n) is 3.64. The lowest BCUT2D eigenvalue weighted by Gasteiger charge is -2.20. The van der Waals surface area contributed by atoms with Crippen molar-refractivity contribution in [3.05, 3.63) is 36.5 Å². The average molecular weight is 285 g/mol. The third kappa shape index (κ3) is 3.31. The van der Waals surface area contributed by atoms with Crippen molar-refractivity contribution >= 4 is 16.8 Å². The first-order valence-corrected chi connectivity index (χ1v) is 7.29. The van der Waals surface area contributed by atoms with E-state index in [1.54, 1.807) is 6.20 Å². The van der Waals surface area contributed by atoms with Gasteiger partial charge >= 0.3 is 0 Å². The molecule has 1 aromatic heterocycles. The summed E-state index contributed by atoms with van der Waals surface area (Å²) in [4.78, 5) is 18.4. The Kier molecular flexibility index (Phi) is 4.31. The monoisotopic (exact) mass is 285 g/mol. The quantitative estimate of drug-likeness (QED) is 0.927. The molecule has 0 aliphatic carbocycles. The number of para-hydroxylation sites is 1. The second-order valence-electron chi connectivity index (χ2n) is 5.10. The maximum atomic E-state index is 12.2. The highest BCUT2D eigenvalue weighted by molar-refractivity contribution is 5.85. The molecule has 1 aliphatic heterocycles. The minimum Gasteiger partial charge on any atom is -0.481 e. The second kappa shape index (κ2) is 6.54. The molecular weight excluding hydrogens is 266 g/mol. The van der Waals surface area contributed by atoms with E-state index < -0.39 is 0 Å². The van der Waals surface area contributed by atoms with Crippen molar-refractivity contribution in [3.63, 3.8) is 0 Å². The van der Waals surface area contributed by atoms with Gasteiger partial charge < -0.3 is 15.0 Å². The highest BCUT2D eigenvalue weighted by Gasteiger charge is 2.16. The SMILES string of the molecule is O=C(COc1cccc2cccnc12)N1CCCNCC1. The van der Waals surface area contributed by atoms with Gasteiger partial charge in [0.25, 0.3) is 5.91 Å². The zero-order valence-corrected chi connectivity index (χ0v) is 11.9. The van der Waals surface area contributed by atoms with E-state index in [1.807, 2.05) is 35.2 Å². The predicted octanol–water partition coefficient (Wildman–Crippen LogP) is 1.44. The first-order chi connectivity index (χ1) is 10.3. The molecule has 21 heavy (non-hydrogen) atoms. The van der Waals surface area contributed by atoms with Gasteiger partial charge in [0, 0.05) is 31.2 Å². The van der Waals surface area contributed by atoms with Crippen molar-refractivity contribution in [3.8, 4) is 5.75 Å². The van der Waals surface area contributed by atoms with Crippen LogP contribution in [0.15, 0.2) is 36.5 Å². The molecule has 2 heterocycles. The van der Waals surface area contributed by atoms with Crippen LogP contribution < -0.4 is 10.1 Å². The molecule has 0 bridgehead atoms. The summed E-state index contributed by atoms with van der Waals surface area (Å²) in [5, 5.41) is 4.30. The number of amides is 1. The van der Waals surface area contributed by atoms with Gasteiger partial charge in [-0.2, -0.15) is 0 Å². The van der Waals surface area contributed by atoms with Crippen LogP contribution in [-0.2, 0) is 4.79 Å². The Balaban J connectivity index is 1.67. The van der Waals surface area contributed by atoms with Gasteiger partial charge in [-0.05, 0) is 25.1 Å². The number of ether oxygens (including phenoxy) is 1. The van der Waals surface area contributed by atoms with Gasteiger partial charge in [-0.15, -0.1) is 0 Å². The molecule has 3 rings (SSSR count). The number of hydrogen-bond donors (Lipinski definition) is 1. The molecule has 1 amide bonds.